The molecule has 1 saturated carbocycles. The number of carbonyl (C=O) groups excluding carboxylic acids is 1. The normalized spacial score (nSPS) is 26.9. The average molecular weight is 208 g/mol. The van der Waals surface area contributed by atoms with E-state index in [1.54, 1.807) is 0 Å². The third-order valence-corrected chi connectivity index (χ3v) is 2.49. The fraction of sp³-hybridized carbons (Fsp3) is 0.857. The first-order valence-electron chi connectivity index (χ1n) is 3.86. The number of ether oxygens (including phenoxy) is 1. The maximum atomic E-state index is 10.9. The lowest BCUT2D eigenvalue weighted by atomic mass is 10.3. The summed E-state index contributed by atoms with van der Waals surface area (Å²) in [5, 5.41) is 0. The Hall–Kier alpha value is -0.620. The molecule has 0 radical (unpaired) electrons. The minimum Gasteiger partial charge on any atom is -0.469 e. The van der Waals surface area contributed by atoms with Crippen LogP contribution in [-0.4, -0.2) is 34.4 Å². The Bertz CT molecular complexity index is 294. The summed E-state index contributed by atoms with van der Waals surface area (Å²) in [6.07, 6.45) is 1.64. The van der Waals surface area contributed by atoms with Crippen molar-refractivity contribution in [3.8, 4) is 0 Å². The molecule has 1 aliphatic carbocycles. The predicted molar refractivity (Wildman–Crippen MR) is 44.4 cm³/mol. The van der Waals surface area contributed by atoms with Gasteiger partial charge in [0.25, 0.3) is 10.1 Å². The molecule has 0 aromatic carbocycles. The van der Waals surface area contributed by atoms with Crippen LogP contribution in [0.15, 0.2) is 0 Å². The third kappa shape index (κ3) is 3.31. The molecule has 0 saturated heterocycles. The molecule has 0 unspecified atom stereocenters. The summed E-state index contributed by atoms with van der Waals surface area (Å²) in [5.74, 6) is -0.462. The number of carbonyl (C=O) groups is 1. The largest absolute Gasteiger partial charge is 0.469 e. The van der Waals surface area contributed by atoms with Crippen LogP contribution in [0.2, 0.25) is 0 Å². The molecular weight excluding hydrogens is 196 g/mol. The van der Waals surface area contributed by atoms with Crippen molar-refractivity contribution >= 4 is 16.1 Å². The van der Waals surface area contributed by atoms with Crippen LogP contribution in [0.1, 0.15) is 6.42 Å². The van der Waals surface area contributed by atoms with Gasteiger partial charge >= 0.3 is 5.97 Å². The van der Waals surface area contributed by atoms with Gasteiger partial charge in [-0.1, -0.05) is 0 Å². The van der Waals surface area contributed by atoms with Gasteiger partial charge in [-0.05, 0) is 12.3 Å². The summed E-state index contributed by atoms with van der Waals surface area (Å²) in [6, 6.07) is 0. The Morgan fingerprint density at radius 1 is 1.54 bits per heavy atom. The van der Waals surface area contributed by atoms with Crippen molar-refractivity contribution in [3.05, 3.63) is 0 Å². The van der Waals surface area contributed by atoms with Crippen LogP contribution in [0, 0.1) is 11.8 Å². The minimum atomic E-state index is -3.39. The highest BCUT2D eigenvalue weighted by atomic mass is 32.2. The fourth-order valence-corrected chi connectivity index (χ4v) is 1.50. The van der Waals surface area contributed by atoms with E-state index in [1.165, 1.54) is 7.11 Å². The molecule has 1 rings (SSSR count). The molecule has 1 aliphatic rings. The Kier molecular flexibility index (Phi) is 2.92. The van der Waals surface area contributed by atoms with Gasteiger partial charge in [-0.25, -0.2) is 0 Å². The van der Waals surface area contributed by atoms with Crippen LogP contribution in [-0.2, 0) is 23.8 Å². The first-order chi connectivity index (χ1) is 5.94. The topological polar surface area (TPSA) is 69.7 Å². The van der Waals surface area contributed by atoms with E-state index in [2.05, 4.69) is 8.92 Å². The number of methoxy groups -OCH3 is 1. The van der Waals surface area contributed by atoms with E-state index >= 15 is 0 Å². The maximum Gasteiger partial charge on any atom is 0.309 e. The monoisotopic (exact) mass is 208 g/mol. The van der Waals surface area contributed by atoms with Crippen LogP contribution in [0.25, 0.3) is 0 Å². The van der Waals surface area contributed by atoms with E-state index in [9.17, 15) is 13.2 Å². The van der Waals surface area contributed by atoms with Gasteiger partial charge < -0.3 is 4.74 Å². The molecule has 2 atom stereocenters. The second kappa shape index (κ2) is 3.63. The molecule has 5 nitrogen and oxygen atoms in total. The van der Waals surface area contributed by atoms with Gasteiger partial charge in [-0.15, -0.1) is 0 Å². The quantitative estimate of drug-likeness (QED) is 0.471. The Morgan fingerprint density at radius 3 is 2.62 bits per heavy atom. The molecular formula is C7H12O5S. The SMILES string of the molecule is COC(=O)[C@@H]1C[C@@H]1COS(C)(=O)=O. The molecule has 0 amide bonds. The van der Waals surface area contributed by atoms with Crippen LogP contribution in [0.5, 0.6) is 0 Å². The lowest BCUT2D eigenvalue weighted by molar-refractivity contribution is -0.142. The zero-order chi connectivity index (χ0) is 10.1. The summed E-state index contributed by atoms with van der Waals surface area (Å²) >= 11 is 0. The average Bonchev–Trinajstić information content (AvgIpc) is 2.77. The first-order valence-corrected chi connectivity index (χ1v) is 5.68. The van der Waals surface area contributed by atoms with Crippen molar-refractivity contribution in [2.45, 2.75) is 6.42 Å². The Balaban J connectivity index is 2.26. The Labute approximate surface area is 77.1 Å². The lowest BCUT2D eigenvalue weighted by Crippen LogP contribution is -2.10. The van der Waals surface area contributed by atoms with E-state index < -0.39 is 10.1 Å². The zero-order valence-corrected chi connectivity index (χ0v) is 8.33. The number of hydrogen-bond acceptors (Lipinski definition) is 5. The van der Waals surface area contributed by atoms with E-state index in [1.807, 2.05) is 0 Å². The summed E-state index contributed by atoms with van der Waals surface area (Å²) in [7, 11) is -2.07. The molecule has 6 heteroatoms. The van der Waals surface area contributed by atoms with E-state index in [0.717, 1.165) is 6.26 Å². The fourth-order valence-electron chi connectivity index (χ4n) is 1.08. The molecule has 0 aliphatic heterocycles. The van der Waals surface area contributed by atoms with Crippen LogP contribution >= 0.6 is 0 Å². The van der Waals surface area contributed by atoms with Crippen molar-refractivity contribution in [1.82, 2.24) is 0 Å². The Morgan fingerprint density at radius 2 is 2.15 bits per heavy atom. The highest BCUT2D eigenvalue weighted by Gasteiger charge is 2.44. The zero-order valence-electron chi connectivity index (χ0n) is 7.52. The predicted octanol–water partition coefficient (Wildman–Crippen LogP) is -0.228. The summed E-state index contributed by atoms with van der Waals surface area (Å²) < 4.78 is 30.2. The lowest BCUT2D eigenvalue weighted by Gasteiger charge is -1.99. The minimum absolute atomic E-state index is 0.00201. The van der Waals surface area contributed by atoms with Crippen LogP contribution in [0.4, 0.5) is 0 Å². The third-order valence-electron chi connectivity index (χ3n) is 1.92. The van der Waals surface area contributed by atoms with E-state index in [4.69, 9.17) is 0 Å². The van der Waals surface area contributed by atoms with Gasteiger partial charge in [-0.3, -0.25) is 8.98 Å². The molecule has 0 bridgehead atoms. The molecule has 0 spiro atoms. The van der Waals surface area contributed by atoms with Crippen molar-refractivity contribution in [2.75, 3.05) is 20.0 Å². The number of rotatable bonds is 4. The maximum absolute atomic E-state index is 10.9. The summed E-state index contributed by atoms with van der Waals surface area (Å²) in [6.45, 7) is 0.0819. The van der Waals surface area contributed by atoms with Crippen molar-refractivity contribution in [2.24, 2.45) is 11.8 Å². The van der Waals surface area contributed by atoms with E-state index in [-0.39, 0.29) is 24.4 Å². The van der Waals surface area contributed by atoms with Gasteiger partial charge in [0.1, 0.15) is 0 Å². The van der Waals surface area contributed by atoms with Crippen LogP contribution < -0.4 is 0 Å². The first kappa shape index (κ1) is 10.5. The highest BCUT2D eigenvalue weighted by Crippen LogP contribution is 2.39. The van der Waals surface area contributed by atoms with Gasteiger partial charge in [0.05, 0.1) is 25.9 Å². The standard InChI is InChI=1S/C7H12O5S/c1-11-7(8)6-3-5(6)4-12-13(2,9)10/h5-6H,3-4H2,1-2H3/t5-,6-/m1/s1. The van der Waals surface area contributed by atoms with Crippen molar-refractivity contribution in [3.63, 3.8) is 0 Å². The molecule has 0 aromatic rings. The highest BCUT2D eigenvalue weighted by molar-refractivity contribution is 7.85. The smallest absolute Gasteiger partial charge is 0.309 e. The molecule has 0 aromatic heterocycles. The molecule has 1 fully saturated rings. The van der Waals surface area contributed by atoms with Gasteiger partial charge in [0.2, 0.25) is 0 Å². The molecule has 0 heterocycles. The van der Waals surface area contributed by atoms with Crippen molar-refractivity contribution < 1.29 is 22.1 Å². The molecule has 13 heavy (non-hydrogen) atoms. The second-order valence-electron chi connectivity index (χ2n) is 3.11. The summed E-state index contributed by atoms with van der Waals surface area (Å²) in [4.78, 5) is 10.9. The number of hydrogen-bond donors (Lipinski definition) is 0. The van der Waals surface area contributed by atoms with Gasteiger partial charge in [-0.2, -0.15) is 8.42 Å². The number of esters is 1. The van der Waals surface area contributed by atoms with Gasteiger partial charge in [0.15, 0.2) is 0 Å². The summed E-state index contributed by atoms with van der Waals surface area (Å²) in [5.41, 5.74) is 0. The van der Waals surface area contributed by atoms with E-state index in [0.29, 0.717) is 6.42 Å². The second-order valence-corrected chi connectivity index (χ2v) is 4.76. The van der Waals surface area contributed by atoms with Gasteiger partial charge in [0, 0.05) is 0 Å². The molecule has 0 N–H and O–H groups in total. The van der Waals surface area contributed by atoms with Crippen molar-refractivity contribution in [1.29, 1.82) is 0 Å². The molecule has 76 valence electrons. The van der Waals surface area contributed by atoms with Crippen LogP contribution in [0.3, 0.4) is 0 Å².